The number of hydrogen-bond donors (Lipinski definition) is 1. The standard InChI is InChI=1S/C7H6N4S.Na/c1-2-4-6(5-3-1)12-7-8-10-11-9-7;/h1-5H,(H,8,9,10,11);. The summed E-state index contributed by atoms with van der Waals surface area (Å²) in [5, 5.41) is 14.2. The van der Waals surface area contributed by atoms with E-state index in [2.05, 4.69) is 20.6 Å². The van der Waals surface area contributed by atoms with Gasteiger partial charge in [0.05, 0.1) is 0 Å². The number of H-pyrrole nitrogens is 1. The molecule has 61 valence electrons. The van der Waals surface area contributed by atoms with Gasteiger partial charge in [0.1, 0.15) is 0 Å². The minimum atomic E-state index is 0. The summed E-state index contributed by atoms with van der Waals surface area (Å²) in [6, 6.07) is 9.92. The van der Waals surface area contributed by atoms with Crippen LogP contribution < -0.4 is 0 Å². The Bertz CT molecular complexity index is 337. The number of benzene rings is 1. The molecule has 2 aromatic rings. The summed E-state index contributed by atoms with van der Waals surface area (Å²) in [5.41, 5.74) is 0. The van der Waals surface area contributed by atoms with Crippen molar-refractivity contribution in [2.75, 3.05) is 0 Å². The molecule has 0 aliphatic rings. The molecule has 1 radical (unpaired) electrons. The largest absolute Gasteiger partial charge is 0.235 e. The van der Waals surface area contributed by atoms with Gasteiger partial charge in [0.25, 0.3) is 0 Å². The van der Waals surface area contributed by atoms with Crippen LogP contribution in [0.3, 0.4) is 0 Å². The number of rotatable bonds is 2. The molecule has 0 spiro atoms. The Morgan fingerprint density at radius 3 is 2.54 bits per heavy atom. The van der Waals surface area contributed by atoms with Crippen LogP contribution in [0.1, 0.15) is 0 Å². The van der Waals surface area contributed by atoms with E-state index in [0.29, 0.717) is 5.16 Å². The first-order valence-corrected chi connectivity index (χ1v) is 4.23. The molecule has 6 heteroatoms. The Morgan fingerprint density at radius 2 is 1.92 bits per heavy atom. The zero-order chi connectivity index (χ0) is 8.23. The summed E-state index contributed by atoms with van der Waals surface area (Å²) >= 11 is 1.48. The van der Waals surface area contributed by atoms with Crippen LogP contribution in [0.15, 0.2) is 40.4 Å². The first kappa shape index (κ1) is 10.7. The second-order valence-electron chi connectivity index (χ2n) is 2.11. The maximum absolute atomic E-state index is 3.83. The minimum absolute atomic E-state index is 0. The van der Waals surface area contributed by atoms with Gasteiger partial charge >= 0.3 is 0 Å². The predicted octanol–water partition coefficient (Wildman–Crippen LogP) is 0.970. The van der Waals surface area contributed by atoms with Crippen LogP contribution in [0, 0.1) is 0 Å². The fourth-order valence-corrected chi connectivity index (χ4v) is 1.46. The van der Waals surface area contributed by atoms with Crippen molar-refractivity contribution in [2.45, 2.75) is 10.1 Å². The first-order chi connectivity index (χ1) is 5.95. The smallest absolute Gasteiger partial charge is 0.176 e. The van der Waals surface area contributed by atoms with Crippen LogP contribution in [-0.2, 0) is 0 Å². The van der Waals surface area contributed by atoms with E-state index < -0.39 is 0 Å². The van der Waals surface area contributed by atoms with Gasteiger partial charge in [0.15, 0.2) is 0 Å². The Balaban J connectivity index is 0.000000845. The molecule has 0 saturated carbocycles. The zero-order valence-electron chi connectivity index (χ0n) is 7.14. The maximum Gasteiger partial charge on any atom is 0.235 e. The summed E-state index contributed by atoms with van der Waals surface area (Å²) in [4.78, 5) is 1.11. The fraction of sp³-hybridized carbons (Fsp3) is 0. The molecule has 0 atom stereocenters. The maximum atomic E-state index is 3.83. The van der Waals surface area contributed by atoms with E-state index in [1.54, 1.807) is 0 Å². The summed E-state index contributed by atoms with van der Waals surface area (Å²) < 4.78 is 0. The first-order valence-electron chi connectivity index (χ1n) is 3.41. The molecular weight excluding hydrogens is 195 g/mol. The Labute approximate surface area is 102 Å². The van der Waals surface area contributed by atoms with Gasteiger partial charge < -0.3 is 0 Å². The molecule has 0 fully saturated rings. The van der Waals surface area contributed by atoms with E-state index in [-0.39, 0.29) is 29.6 Å². The van der Waals surface area contributed by atoms with Crippen molar-refractivity contribution in [3.8, 4) is 0 Å². The van der Waals surface area contributed by atoms with Crippen molar-refractivity contribution in [2.24, 2.45) is 0 Å². The predicted molar refractivity (Wildman–Crippen MR) is 50.5 cm³/mol. The van der Waals surface area contributed by atoms with Crippen LogP contribution in [0.2, 0.25) is 0 Å². The molecule has 0 aliphatic carbocycles. The molecule has 0 bridgehead atoms. The molecule has 13 heavy (non-hydrogen) atoms. The van der Waals surface area contributed by atoms with Gasteiger partial charge in [-0.2, -0.15) is 5.21 Å². The molecule has 1 aromatic carbocycles. The van der Waals surface area contributed by atoms with E-state index >= 15 is 0 Å². The SMILES string of the molecule is [Na].c1ccc(Sc2nn[nH]n2)cc1. The van der Waals surface area contributed by atoms with Gasteiger partial charge in [-0.3, -0.25) is 0 Å². The molecule has 1 heterocycles. The van der Waals surface area contributed by atoms with Gasteiger partial charge in [-0.05, 0) is 29.1 Å². The van der Waals surface area contributed by atoms with Gasteiger partial charge in [-0.25, -0.2) is 0 Å². The van der Waals surface area contributed by atoms with Crippen LogP contribution in [0.25, 0.3) is 0 Å². The van der Waals surface area contributed by atoms with Gasteiger partial charge in [-0.15, -0.1) is 10.2 Å². The number of aromatic nitrogens is 4. The Hall–Kier alpha value is -0.360. The number of aromatic amines is 1. The van der Waals surface area contributed by atoms with E-state index in [9.17, 15) is 0 Å². The zero-order valence-corrected chi connectivity index (χ0v) is 9.95. The topological polar surface area (TPSA) is 54.5 Å². The molecule has 0 aliphatic heterocycles. The number of hydrogen-bond acceptors (Lipinski definition) is 4. The molecule has 0 saturated heterocycles. The van der Waals surface area contributed by atoms with Crippen molar-refractivity contribution in [1.82, 2.24) is 20.6 Å². The van der Waals surface area contributed by atoms with Crippen molar-refractivity contribution in [1.29, 1.82) is 0 Å². The van der Waals surface area contributed by atoms with E-state index in [0.717, 1.165) is 4.90 Å². The molecular formula is C7H6N4NaS. The second-order valence-corrected chi connectivity index (χ2v) is 3.15. The second kappa shape index (κ2) is 5.39. The van der Waals surface area contributed by atoms with Crippen LogP contribution in [0.4, 0.5) is 0 Å². The van der Waals surface area contributed by atoms with Crippen molar-refractivity contribution in [3.63, 3.8) is 0 Å². The number of nitrogens with one attached hydrogen (secondary N) is 1. The van der Waals surface area contributed by atoms with Crippen LogP contribution >= 0.6 is 11.8 Å². The number of tetrazole rings is 1. The molecule has 0 amide bonds. The van der Waals surface area contributed by atoms with Crippen molar-refractivity contribution < 1.29 is 0 Å². The molecule has 0 unspecified atom stereocenters. The summed E-state index contributed by atoms with van der Waals surface area (Å²) in [6.07, 6.45) is 0. The Kier molecular flexibility index (Phi) is 4.44. The van der Waals surface area contributed by atoms with Crippen molar-refractivity contribution >= 4 is 41.3 Å². The summed E-state index contributed by atoms with van der Waals surface area (Å²) in [5.74, 6) is 0. The molecule has 1 N–H and O–H groups in total. The summed E-state index contributed by atoms with van der Waals surface area (Å²) in [6.45, 7) is 0. The Morgan fingerprint density at radius 1 is 1.15 bits per heavy atom. The normalized spacial score (nSPS) is 9.23. The molecule has 1 aromatic heterocycles. The van der Waals surface area contributed by atoms with E-state index in [4.69, 9.17) is 0 Å². The third-order valence-corrected chi connectivity index (χ3v) is 2.14. The third kappa shape index (κ3) is 3.11. The van der Waals surface area contributed by atoms with Crippen molar-refractivity contribution in [3.05, 3.63) is 30.3 Å². The third-order valence-electron chi connectivity index (χ3n) is 1.28. The van der Waals surface area contributed by atoms with Gasteiger partial charge in [0.2, 0.25) is 5.16 Å². The van der Waals surface area contributed by atoms with Gasteiger partial charge in [0, 0.05) is 34.5 Å². The van der Waals surface area contributed by atoms with E-state index in [1.165, 1.54) is 11.8 Å². The average molecular weight is 201 g/mol. The van der Waals surface area contributed by atoms with Crippen LogP contribution in [0.5, 0.6) is 0 Å². The summed E-state index contributed by atoms with van der Waals surface area (Å²) in [7, 11) is 0. The van der Waals surface area contributed by atoms with E-state index in [1.807, 2.05) is 30.3 Å². The average Bonchev–Trinajstić information content (AvgIpc) is 2.59. The monoisotopic (exact) mass is 201 g/mol. The quantitative estimate of drug-likeness (QED) is 0.735. The minimum Gasteiger partial charge on any atom is -0.176 e. The fourth-order valence-electron chi connectivity index (χ4n) is 0.790. The van der Waals surface area contributed by atoms with Gasteiger partial charge in [-0.1, -0.05) is 18.2 Å². The molecule has 2 rings (SSSR count). The molecule has 4 nitrogen and oxygen atoms in total. The number of nitrogens with zero attached hydrogens (tertiary/aromatic N) is 3. The van der Waals surface area contributed by atoms with Crippen LogP contribution in [-0.4, -0.2) is 50.2 Å².